The van der Waals surface area contributed by atoms with Crippen LogP contribution in [0.25, 0.3) is 0 Å². The number of rotatable bonds is 15. The van der Waals surface area contributed by atoms with Crippen LogP contribution in [0.5, 0.6) is 0 Å². The van der Waals surface area contributed by atoms with Gasteiger partial charge in [-0.2, -0.15) is 23.5 Å². The van der Waals surface area contributed by atoms with Gasteiger partial charge in [-0.25, -0.2) is 4.79 Å². The first-order valence-corrected chi connectivity index (χ1v) is 13.4. The molecule has 1 rings (SSSR count). The predicted octanol–water partition coefficient (Wildman–Crippen LogP) is 0.622. The molecule has 0 aliphatic carbocycles. The van der Waals surface area contributed by atoms with Crippen LogP contribution in [0.1, 0.15) is 25.3 Å². The Morgan fingerprint density at radius 3 is 1.85 bits per heavy atom. The van der Waals surface area contributed by atoms with Crippen molar-refractivity contribution in [3.05, 3.63) is 35.9 Å². The minimum Gasteiger partial charge on any atom is -0.480 e. The van der Waals surface area contributed by atoms with Crippen molar-refractivity contribution in [1.29, 1.82) is 0 Å². The summed E-state index contributed by atoms with van der Waals surface area (Å²) < 4.78 is 0. The van der Waals surface area contributed by atoms with Crippen LogP contribution in [0, 0.1) is 0 Å². The molecule has 0 fully saturated rings. The molecule has 0 spiro atoms. The average molecular weight is 499 g/mol. The van der Waals surface area contributed by atoms with Crippen molar-refractivity contribution in [1.82, 2.24) is 16.0 Å². The molecule has 11 heteroatoms. The van der Waals surface area contributed by atoms with E-state index in [9.17, 15) is 24.3 Å². The van der Waals surface area contributed by atoms with Gasteiger partial charge in [-0.3, -0.25) is 14.4 Å². The van der Waals surface area contributed by atoms with E-state index in [1.807, 2.05) is 42.8 Å². The number of hydrogen-bond donors (Lipinski definition) is 5. The maximum Gasteiger partial charge on any atom is 0.326 e. The lowest BCUT2D eigenvalue weighted by atomic mass is 10.0. The van der Waals surface area contributed by atoms with Gasteiger partial charge in [0.2, 0.25) is 17.7 Å². The largest absolute Gasteiger partial charge is 0.480 e. The highest BCUT2D eigenvalue weighted by Crippen LogP contribution is 2.08. The maximum absolute atomic E-state index is 13.0. The molecule has 0 aliphatic rings. The summed E-state index contributed by atoms with van der Waals surface area (Å²) in [6.07, 6.45) is 4.52. The third kappa shape index (κ3) is 11.0. The number of aliphatic carboxylic acids is 1. The average Bonchev–Trinajstić information content (AvgIpc) is 2.78. The third-order valence-electron chi connectivity index (χ3n) is 4.80. The summed E-state index contributed by atoms with van der Waals surface area (Å²) in [4.78, 5) is 49.7. The number of benzene rings is 1. The number of thioether (sulfide) groups is 2. The minimum atomic E-state index is -1.13. The monoisotopic (exact) mass is 498 g/mol. The molecule has 1 aromatic carbocycles. The second-order valence-corrected chi connectivity index (χ2v) is 9.53. The minimum absolute atomic E-state index is 0.170. The fraction of sp³-hybridized carbons (Fsp3) is 0.545. The van der Waals surface area contributed by atoms with Crippen molar-refractivity contribution in [2.45, 2.75) is 50.4 Å². The number of carbonyl (C=O) groups is 4. The van der Waals surface area contributed by atoms with E-state index in [1.54, 1.807) is 0 Å². The summed E-state index contributed by atoms with van der Waals surface area (Å²) >= 11 is 3.00. The van der Waals surface area contributed by atoms with E-state index in [1.165, 1.54) is 30.4 Å². The highest BCUT2D eigenvalue weighted by molar-refractivity contribution is 7.98. The van der Waals surface area contributed by atoms with E-state index >= 15 is 0 Å². The zero-order valence-corrected chi connectivity index (χ0v) is 20.8. The Morgan fingerprint density at radius 2 is 1.33 bits per heavy atom. The lowest BCUT2D eigenvalue weighted by Gasteiger charge is -2.25. The van der Waals surface area contributed by atoms with Crippen molar-refractivity contribution in [3.63, 3.8) is 0 Å². The van der Waals surface area contributed by atoms with Gasteiger partial charge in [0.15, 0.2) is 0 Å². The van der Waals surface area contributed by atoms with Gasteiger partial charge >= 0.3 is 5.97 Å². The Labute approximate surface area is 203 Å². The molecule has 0 saturated heterocycles. The van der Waals surface area contributed by atoms with Gasteiger partial charge in [0, 0.05) is 6.42 Å². The molecule has 0 bridgehead atoms. The third-order valence-corrected chi connectivity index (χ3v) is 6.09. The number of nitrogens with one attached hydrogen (secondary N) is 3. The van der Waals surface area contributed by atoms with E-state index in [2.05, 4.69) is 16.0 Å². The molecule has 0 aliphatic heterocycles. The highest BCUT2D eigenvalue weighted by atomic mass is 32.2. The second-order valence-electron chi connectivity index (χ2n) is 7.56. The van der Waals surface area contributed by atoms with Crippen LogP contribution in [0.3, 0.4) is 0 Å². The molecule has 1 aromatic rings. The van der Waals surface area contributed by atoms with Gasteiger partial charge in [0.05, 0.1) is 6.04 Å². The second kappa shape index (κ2) is 15.6. The quantitative estimate of drug-likeness (QED) is 0.236. The Kier molecular flexibility index (Phi) is 13.6. The van der Waals surface area contributed by atoms with Crippen LogP contribution < -0.4 is 21.7 Å². The SMILES string of the molecule is CSCCC(NC(=O)C(Cc1ccccc1)NC(=O)C(CCSC)NC(=O)C(C)N)C(=O)O. The topological polar surface area (TPSA) is 151 Å². The number of carboxylic acids is 1. The first-order valence-electron chi connectivity index (χ1n) is 10.6. The predicted molar refractivity (Wildman–Crippen MR) is 133 cm³/mol. The van der Waals surface area contributed by atoms with Crippen LogP contribution in [-0.2, 0) is 25.6 Å². The van der Waals surface area contributed by atoms with E-state index in [-0.39, 0.29) is 12.8 Å². The molecule has 9 nitrogen and oxygen atoms in total. The molecule has 3 amide bonds. The number of amides is 3. The van der Waals surface area contributed by atoms with Crippen LogP contribution in [-0.4, -0.2) is 77.0 Å². The molecule has 4 atom stereocenters. The Hall–Kier alpha value is -2.24. The summed E-state index contributed by atoms with van der Waals surface area (Å²) in [7, 11) is 0. The molecule has 184 valence electrons. The molecule has 6 N–H and O–H groups in total. The standard InChI is InChI=1S/C22H34N4O5S2/c1-14(23)19(27)24-16(9-11-32-2)20(28)26-18(13-15-7-5-4-6-8-15)21(29)25-17(22(30)31)10-12-33-3/h4-8,14,16-18H,9-13,23H2,1-3H3,(H,24,27)(H,25,29)(H,26,28)(H,30,31). The van der Waals surface area contributed by atoms with Crippen molar-refractivity contribution >= 4 is 47.2 Å². The van der Waals surface area contributed by atoms with Crippen molar-refractivity contribution in [2.24, 2.45) is 5.73 Å². The van der Waals surface area contributed by atoms with Gasteiger partial charge in [0.1, 0.15) is 18.1 Å². The van der Waals surface area contributed by atoms with Gasteiger partial charge in [-0.15, -0.1) is 0 Å². The van der Waals surface area contributed by atoms with Crippen molar-refractivity contribution < 1.29 is 24.3 Å². The van der Waals surface area contributed by atoms with Crippen LogP contribution in [0.15, 0.2) is 30.3 Å². The molecule has 33 heavy (non-hydrogen) atoms. The van der Waals surface area contributed by atoms with Gasteiger partial charge < -0.3 is 26.8 Å². The molecular weight excluding hydrogens is 464 g/mol. The van der Waals surface area contributed by atoms with Crippen molar-refractivity contribution in [2.75, 3.05) is 24.0 Å². The van der Waals surface area contributed by atoms with E-state index in [0.29, 0.717) is 17.9 Å². The van der Waals surface area contributed by atoms with Gasteiger partial charge in [-0.1, -0.05) is 30.3 Å². The van der Waals surface area contributed by atoms with Crippen molar-refractivity contribution in [3.8, 4) is 0 Å². The van der Waals surface area contributed by atoms with E-state index in [0.717, 1.165) is 5.56 Å². The summed E-state index contributed by atoms with van der Waals surface area (Å²) in [5.74, 6) is -1.55. The van der Waals surface area contributed by atoms with Crippen LogP contribution in [0.4, 0.5) is 0 Å². The lowest BCUT2D eigenvalue weighted by Crippen LogP contribution is -2.57. The summed E-state index contributed by atoms with van der Waals surface area (Å²) in [5, 5.41) is 17.3. The summed E-state index contributed by atoms with van der Waals surface area (Å²) in [6, 6.07) is 5.37. The summed E-state index contributed by atoms with van der Waals surface area (Å²) in [6.45, 7) is 1.52. The van der Waals surface area contributed by atoms with Crippen LogP contribution >= 0.6 is 23.5 Å². The Morgan fingerprint density at radius 1 is 0.848 bits per heavy atom. The molecular formula is C22H34N4O5S2. The molecule has 0 aromatic heterocycles. The number of nitrogens with two attached hydrogens (primary N) is 1. The Balaban J connectivity index is 3.05. The molecule has 0 radical (unpaired) electrons. The normalized spacial score (nSPS) is 14.4. The zero-order chi connectivity index (χ0) is 24.8. The Bertz CT molecular complexity index is 779. The van der Waals surface area contributed by atoms with E-state index in [4.69, 9.17) is 5.73 Å². The number of carboxylic acid groups (broad SMARTS) is 1. The van der Waals surface area contributed by atoms with E-state index < -0.39 is 47.9 Å². The first-order chi connectivity index (χ1) is 15.7. The summed E-state index contributed by atoms with van der Waals surface area (Å²) in [5.41, 5.74) is 6.42. The number of hydrogen-bond acceptors (Lipinski definition) is 7. The van der Waals surface area contributed by atoms with Gasteiger partial charge in [-0.05, 0) is 49.3 Å². The molecule has 0 saturated carbocycles. The van der Waals surface area contributed by atoms with Crippen LogP contribution in [0.2, 0.25) is 0 Å². The smallest absolute Gasteiger partial charge is 0.326 e. The molecule has 0 heterocycles. The highest BCUT2D eigenvalue weighted by Gasteiger charge is 2.29. The maximum atomic E-state index is 13.0. The van der Waals surface area contributed by atoms with Gasteiger partial charge in [0.25, 0.3) is 0 Å². The fourth-order valence-electron chi connectivity index (χ4n) is 2.90. The lowest BCUT2D eigenvalue weighted by molar-refractivity contribution is -0.142. The number of carbonyl (C=O) groups excluding carboxylic acids is 3. The zero-order valence-electron chi connectivity index (χ0n) is 19.2. The molecule has 4 unspecified atom stereocenters. The first kappa shape index (κ1) is 28.8. The fourth-order valence-corrected chi connectivity index (χ4v) is 3.85.